The number of nitrogens with two attached hydrogens (primary N) is 1. The van der Waals surface area contributed by atoms with Crippen molar-refractivity contribution in [3.05, 3.63) is 16.1 Å². The number of nitrogen functional groups attached to an aromatic ring is 1. The Morgan fingerprint density at radius 3 is 2.65 bits per heavy atom. The maximum Gasteiger partial charge on any atom is 0.147 e. The zero-order valence-corrected chi connectivity index (χ0v) is 11.4. The van der Waals surface area contributed by atoms with Gasteiger partial charge in [-0.3, -0.25) is 0 Å². The highest BCUT2D eigenvalue weighted by Crippen LogP contribution is 2.30. The minimum atomic E-state index is -0.272. The summed E-state index contributed by atoms with van der Waals surface area (Å²) in [4.78, 5) is 4.11. The van der Waals surface area contributed by atoms with Gasteiger partial charge in [-0.25, -0.2) is 4.98 Å². The number of nitrogens with zero attached hydrogens (tertiary/aromatic N) is 1. The number of pyridine rings is 1. The molecule has 0 saturated carbocycles. The molecular formula is C11H17Cl2N3O. The van der Waals surface area contributed by atoms with Crippen LogP contribution in [-0.4, -0.2) is 22.2 Å². The van der Waals surface area contributed by atoms with E-state index in [-0.39, 0.29) is 18.0 Å². The number of halogens is 2. The van der Waals surface area contributed by atoms with Gasteiger partial charge in [-0.1, -0.05) is 30.1 Å². The minimum Gasteiger partial charge on any atom is -0.396 e. The highest BCUT2D eigenvalue weighted by atomic mass is 35.5. The van der Waals surface area contributed by atoms with Crippen LogP contribution in [0.15, 0.2) is 6.07 Å². The van der Waals surface area contributed by atoms with Crippen molar-refractivity contribution in [1.29, 1.82) is 0 Å². The van der Waals surface area contributed by atoms with E-state index in [9.17, 15) is 0 Å². The third-order valence-electron chi connectivity index (χ3n) is 2.82. The Labute approximate surface area is 111 Å². The van der Waals surface area contributed by atoms with E-state index in [0.717, 1.165) is 6.42 Å². The van der Waals surface area contributed by atoms with Gasteiger partial charge in [-0.15, -0.1) is 0 Å². The second-order valence-electron chi connectivity index (χ2n) is 4.20. The summed E-state index contributed by atoms with van der Waals surface area (Å²) in [5.41, 5.74) is 5.36. The van der Waals surface area contributed by atoms with Gasteiger partial charge in [0.1, 0.15) is 11.6 Å². The summed E-state index contributed by atoms with van der Waals surface area (Å²) in [7, 11) is 0. The fraction of sp³-hybridized carbons (Fsp3) is 0.545. The van der Waals surface area contributed by atoms with E-state index >= 15 is 0 Å². The Kier molecular flexibility index (Phi) is 4.86. The number of rotatable bonds is 5. The van der Waals surface area contributed by atoms with Crippen molar-refractivity contribution in [2.24, 2.45) is 0 Å². The Hall–Kier alpha value is -0.710. The first-order chi connectivity index (χ1) is 7.91. The molecule has 1 heterocycles. The zero-order chi connectivity index (χ0) is 13.1. The van der Waals surface area contributed by atoms with Crippen LogP contribution in [0.3, 0.4) is 0 Å². The van der Waals surface area contributed by atoms with Crippen LogP contribution in [0.4, 0.5) is 11.6 Å². The second-order valence-corrected chi connectivity index (χ2v) is 5.01. The first-order valence-electron chi connectivity index (χ1n) is 5.42. The normalized spacial score (nSPS) is 14.4. The van der Waals surface area contributed by atoms with Crippen LogP contribution in [0.1, 0.15) is 26.7 Å². The minimum absolute atomic E-state index is 0.0953. The van der Waals surface area contributed by atoms with Gasteiger partial charge in [0.2, 0.25) is 0 Å². The summed E-state index contributed by atoms with van der Waals surface area (Å²) in [6.45, 7) is 4.11. The number of hydrogen-bond acceptors (Lipinski definition) is 4. The van der Waals surface area contributed by atoms with E-state index in [0.29, 0.717) is 22.3 Å². The van der Waals surface area contributed by atoms with Gasteiger partial charge >= 0.3 is 0 Å². The van der Waals surface area contributed by atoms with Crippen LogP contribution in [0.5, 0.6) is 0 Å². The number of nitrogens with one attached hydrogen (secondary N) is 1. The fourth-order valence-corrected chi connectivity index (χ4v) is 1.83. The van der Waals surface area contributed by atoms with Crippen LogP contribution < -0.4 is 11.1 Å². The molecule has 0 bridgehead atoms. The quantitative estimate of drug-likeness (QED) is 0.774. The number of anilines is 2. The molecule has 1 atom stereocenters. The summed E-state index contributed by atoms with van der Waals surface area (Å²) in [6.07, 6.45) is 1.43. The highest BCUT2D eigenvalue weighted by molar-refractivity contribution is 6.37. The maximum atomic E-state index is 9.04. The van der Waals surface area contributed by atoms with Gasteiger partial charge < -0.3 is 16.2 Å². The molecule has 0 radical (unpaired) electrons. The van der Waals surface area contributed by atoms with E-state index in [1.807, 2.05) is 13.8 Å². The number of aliphatic hydroxyl groups excluding tert-OH is 1. The molecule has 17 heavy (non-hydrogen) atoms. The monoisotopic (exact) mass is 277 g/mol. The van der Waals surface area contributed by atoms with Gasteiger partial charge in [0, 0.05) is 12.1 Å². The summed E-state index contributed by atoms with van der Waals surface area (Å²) < 4.78 is 0. The van der Waals surface area contributed by atoms with Crippen molar-refractivity contribution in [2.75, 3.05) is 17.7 Å². The molecule has 0 saturated heterocycles. The van der Waals surface area contributed by atoms with Crippen LogP contribution in [0.2, 0.25) is 10.0 Å². The van der Waals surface area contributed by atoms with Crippen LogP contribution >= 0.6 is 23.2 Å². The smallest absolute Gasteiger partial charge is 0.147 e. The summed E-state index contributed by atoms with van der Waals surface area (Å²) >= 11 is 11.8. The Morgan fingerprint density at radius 2 is 2.12 bits per heavy atom. The molecule has 0 aliphatic carbocycles. The van der Waals surface area contributed by atoms with Crippen molar-refractivity contribution >= 4 is 34.8 Å². The molecule has 0 aliphatic rings. The molecule has 1 rings (SSSR count). The molecule has 0 aromatic carbocycles. The highest BCUT2D eigenvalue weighted by Gasteiger charge is 2.23. The third kappa shape index (κ3) is 3.63. The molecule has 1 unspecified atom stereocenters. The molecular weight excluding hydrogens is 261 g/mol. The fourth-order valence-electron chi connectivity index (χ4n) is 1.43. The Morgan fingerprint density at radius 1 is 1.47 bits per heavy atom. The van der Waals surface area contributed by atoms with E-state index in [2.05, 4.69) is 10.3 Å². The zero-order valence-electron chi connectivity index (χ0n) is 9.93. The van der Waals surface area contributed by atoms with Gasteiger partial charge in [-0.05, 0) is 25.8 Å². The lowest BCUT2D eigenvalue weighted by atomic mass is 9.95. The van der Waals surface area contributed by atoms with E-state index in [4.69, 9.17) is 34.0 Å². The average molecular weight is 278 g/mol. The molecule has 96 valence electrons. The van der Waals surface area contributed by atoms with Crippen LogP contribution in [0.25, 0.3) is 0 Å². The molecule has 0 fully saturated rings. The standard InChI is InChI=1S/C11H17Cl2N3O/c1-3-11(2,4-5-17)16-10-8(13)6-7(12)9(14)15-10/h6,17H,3-5H2,1-2H3,(H3,14,15,16). The lowest BCUT2D eigenvalue weighted by molar-refractivity contribution is 0.252. The number of aromatic nitrogens is 1. The van der Waals surface area contributed by atoms with Crippen molar-refractivity contribution in [1.82, 2.24) is 4.98 Å². The van der Waals surface area contributed by atoms with Gasteiger partial charge in [0.05, 0.1) is 10.0 Å². The van der Waals surface area contributed by atoms with E-state index in [1.165, 1.54) is 0 Å². The third-order valence-corrected chi connectivity index (χ3v) is 3.41. The molecule has 4 N–H and O–H groups in total. The SMILES string of the molecule is CCC(C)(CCO)Nc1nc(N)c(Cl)cc1Cl. The maximum absolute atomic E-state index is 9.04. The summed E-state index contributed by atoms with van der Waals surface area (Å²) in [6, 6.07) is 1.56. The number of aliphatic hydroxyl groups is 1. The topological polar surface area (TPSA) is 71.2 Å². The van der Waals surface area contributed by atoms with Crippen LogP contribution in [0, 0.1) is 0 Å². The van der Waals surface area contributed by atoms with E-state index < -0.39 is 0 Å². The Balaban J connectivity index is 2.97. The van der Waals surface area contributed by atoms with E-state index in [1.54, 1.807) is 6.07 Å². The molecule has 0 aliphatic heterocycles. The van der Waals surface area contributed by atoms with Crippen molar-refractivity contribution in [2.45, 2.75) is 32.2 Å². The van der Waals surface area contributed by atoms with Gasteiger partial charge in [0.15, 0.2) is 0 Å². The van der Waals surface area contributed by atoms with Crippen molar-refractivity contribution in [3.63, 3.8) is 0 Å². The van der Waals surface area contributed by atoms with Crippen LogP contribution in [-0.2, 0) is 0 Å². The molecule has 1 aromatic heterocycles. The number of hydrogen-bond donors (Lipinski definition) is 3. The van der Waals surface area contributed by atoms with Crippen molar-refractivity contribution < 1.29 is 5.11 Å². The first kappa shape index (κ1) is 14.4. The molecule has 6 heteroatoms. The molecule has 0 spiro atoms. The van der Waals surface area contributed by atoms with Gasteiger partial charge in [0.25, 0.3) is 0 Å². The second kappa shape index (κ2) is 5.76. The summed E-state index contributed by atoms with van der Waals surface area (Å²) in [5.74, 6) is 0.729. The summed E-state index contributed by atoms with van der Waals surface area (Å²) in [5, 5.41) is 13.0. The predicted molar refractivity (Wildman–Crippen MR) is 72.7 cm³/mol. The predicted octanol–water partition coefficient (Wildman–Crippen LogP) is 2.93. The lowest BCUT2D eigenvalue weighted by Gasteiger charge is -2.30. The molecule has 0 amide bonds. The Bertz CT molecular complexity index is 401. The van der Waals surface area contributed by atoms with Gasteiger partial charge in [-0.2, -0.15) is 0 Å². The van der Waals surface area contributed by atoms with Crippen molar-refractivity contribution in [3.8, 4) is 0 Å². The first-order valence-corrected chi connectivity index (χ1v) is 6.18. The lowest BCUT2D eigenvalue weighted by Crippen LogP contribution is -2.35. The largest absolute Gasteiger partial charge is 0.396 e. The molecule has 1 aromatic rings. The molecule has 4 nitrogen and oxygen atoms in total. The average Bonchev–Trinajstić information content (AvgIpc) is 2.26.